The lowest BCUT2D eigenvalue weighted by Crippen LogP contribution is -2.32. The molecule has 0 atom stereocenters. The lowest BCUT2D eigenvalue weighted by molar-refractivity contribution is -0.141. The second-order valence-electron chi connectivity index (χ2n) is 14.5. The van der Waals surface area contributed by atoms with Crippen LogP contribution < -0.4 is 10.6 Å². The fourth-order valence-corrected chi connectivity index (χ4v) is 7.22. The van der Waals surface area contributed by atoms with E-state index in [2.05, 4.69) is 20.1 Å². The van der Waals surface area contributed by atoms with Crippen molar-refractivity contribution in [2.75, 3.05) is 27.3 Å². The van der Waals surface area contributed by atoms with Gasteiger partial charge in [0, 0.05) is 59.0 Å². The smallest absolute Gasteiger partial charge is 0.305 e. The van der Waals surface area contributed by atoms with Crippen LogP contribution >= 0.6 is 0 Å². The standard InChI is InChI=1S/C42H48N2O14/c1-17(2)25-21-15-19(5)27(33(47)29(21)31(37(51)35(25)49)39(53)41(55)43-13-9-11-23(45)57-7)28-20(6)16-22-26(18(3)4)36(50)38(52)32(30(22)34(28)48)40(54)42(56)44-14-10-12-24(46)58-8/h15-18,47-52H,9-14H2,1-8H3,(H,43,55)(H,44,56). The number of benzene rings is 4. The largest absolute Gasteiger partial charge is 0.507 e. The maximum atomic E-state index is 13.8. The van der Waals surface area contributed by atoms with Crippen molar-refractivity contribution in [3.63, 3.8) is 0 Å². The minimum absolute atomic E-state index is 0.0634. The number of phenolic OH excluding ortho intramolecular Hbond substituents is 6. The highest BCUT2D eigenvalue weighted by atomic mass is 16.5. The van der Waals surface area contributed by atoms with Crippen molar-refractivity contribution in [1.29, 1.82) is 0 Å². The number of esters is 2. The molecule has 8 N–H and O–H groups in total. The Hall–Kier alpha value is -6.58. The van der Waals surface area contributed by atoms with E-state index in [1.165, 1.54) is 26.4 Å². The molecule has 0 saturated carbocycles. The van der Waals surface area contributed by atoms with Crippen LogP contribution in [-0.4, -0.2) is 93.3 Å². The Kier molecular flexibility index (Phi) is 13.5. The number of fused-ring (bicyclic) bond motifs is 2. The van der Waals surface area contributed by atoms with Gasteiger partial charge in [-0.05, 0) is 60.4 Å². The van der Waals surface area contributed by atoms with E-state index >= 15 is 0 Å². The maximum Gasteiger partial charge on any atom is 0.305 e. The first-order valence-electron chi connectivity index (χ1n) is 18.5. The molecule has 4 rings (SSSR count). The number of aryl methyl sites for hydroxylation is 2. The fourth-order valence-electron chi connectivity index (χ4n) is 7.22. The summed E-state index contributed by atoms with van der Waals surface area (Å²) in [5.41, 5.74) is -1.04. The monoisotopic (exact) mass is 804 g/mol. The minimum Gasteiger partial charge on any atom is -0.507 e. The molecular weight excluding hydrogens is 756 g/mol. The first-order chi connectivity index (χ1) is 27.2. The average molecular weight is 805 g/mol. The molecule has 0 unspecified atom stereocenters. The SMILES string of the molecule is COC(=O)CCCNC(=O)C(=O)c1c(O)c(O)c(C(C)C)c2cc(C)c(-c3c(C)cc4c(C(C)C)c(O)c(O)c(C(=O)C(=O)NCCCC(=O)OC)c4c3O)c(O)c12. The number of carbonyl (C=O) groups excluding carboxylic acids is 6. The summed E-state index contributed by atoms with van der Waals surface area (Å²) >= 11 is 0. The molecule has 0 saturated heterocycles. The zero-order chi connectivity index (χ0) is 43.5. The topological polar surface area (TPSA) is 266 Å². The Balaban J connectivity index is 2.05. The van der Waals surface area contributed by atoms with Gasteiger partial charge in [-0.15, -0.1) is 0 Å². The summed E-state index contributed by atoms with van der Waals surface area (Å²) in [6.45, 7) is 9.56. The molecular formula is C42H48N2O14. The summed E-state index contributed by atoms with van der Waals surface area (Å²) in [5, 5.41) is 73.6. The van der Waals surface area contributed by atoms with Gasteiger partial charge in [-0.1, -0.05) is 39.8 Å². The second kappa shape index (κ2) is 17.7. The molecule has 0 heterocycles. The van der Waals surface area contributed by atoms with Crippen molar-refractivity contribution in [2.45, 2.75) is 79.1 Å². The Bertz CT molecular complexity index is 2210. The molecule has 0 aliphatic carbocycles. The van der Waals surface area contributed by atoms with Crippen molar-refractivity contribution in [2.24, 2.45) is 0 Å². The number of Topliss-reactive ketones (excluding diaryl/α,β-unsaturated/α-hetero) is 2. The number of hydrogen-bond acceptors (Lipinski definition) is 14. The quantitative estimate of drug-likeness (QED) is 0.0251. The summed E-state index contributed by atoms with van der Waals surface area (Å²) < 4.78 is 9.16. The molecule has 0 radical (unpaired) electrons. The van der Waals surface area contributed by atoms with Crippen LogP contribution in [0, 0.1) is 13.8 Å². The third-order valence-corrected chi connectivity index (χ3v) is 9.92. The van der Waals surface area contributed by atoms with E-state index in [-0.39, 0.29) is 93.7 Å². The van der Waals surface area contributed by atoms with Gasteiger partial charge in [-0.3, -0.25) is 28.8 Å². The van der Waals surface area contributed by atoms with Gasteiger partial charge in [-0.2, -0.15) is 0 Å². The Morgan fingerprint density at radius 3 is 1.17 bits per heavy atom. The van der Waals surface area contributed by atoms with E-state index in [4.69, 9.17) is 0 Å². The molecule has 16 heteroatoms. The van der Waals surface area contributed by atoms with Crippen LogP contribution in [0.5, 0.6) is 34.5 Å². The summed E-state index contributed by atoms with van der Waals surface area (Å²) in [5.74, 6) is -12.1. The summed E-state index contributed by atoms with van der Waals surface area (Å²) in [4.78, 5) is 77.0. The first-order valence-corrected chi connectivity index (χ1v) is 18.5. The number of methoxy groups -OCH3 is 2. The van der Waals surface area contributed by atoms with Crippen LogP contribution in [0.3, 0.4) is 0 Å². The van der Waals surface area contributed by atoms with E-state index in [0.29, 0.717) is 0 Å². The number of phenols is 6. The van der Waals surface area contributed by atoms with Gasteiger partial charge in [0.05, 0.1) is 25.3 Å². The van der Waals surface area contributed by atoms with Crippen LogP contribution in [0.2, 0.25) is 0 Å². The predicted molar refractivity (Wildman–Crippen MR) is 212 cm³/mol. The van der Waals surface area contributed by atoms with Crippen molar-refractivity contribution < 1.29 is 68.9 Å². The third-order valence-electron chi connectivity index (χ3n) is 9.92. The Labute approximate surface area is 333 Å². The number of nitrogens with one attached hydrogen (secondary N) is 2. The highest BCUT2D eigenvalue weighted by Gasteiger charge is 2.35. The number of amides is 2. The Morgan fingerprint density at radius 1 is 0.552 bits per heavy atom. The number of hydrogen-bond donors (Lipinski definition) is 8. The maximum absolute atomic E-state index is 13.8. The number of ether oxygens (including phenoxy) is 2. The van der Waals surface area contributed by atoms with E-state index < -0.39 is 92.8 Å². The highest BCUT2D eigenvalue weighted by Crippen LogP contribution is 2.55. The molecule has 0 spiro atoms. The minimum atomic E-state index is -1.34. The van der Waals surface area contributed by atoms with Gasteiger partial charge < -0.3 is 50.7 Å². The first kappa shape index (κ1) is 44.1. The fraction of sp³-hybridized carbons (Fsp3) is 0.381. The van der Waals surface area contributed by atoms with Crippen LogP contribution in [0.4, 0.5) is 0 Å². The molecule has 16 nitrogen and oxygen atoms in total. The molecule has 4 aromatic rings. The number of rotatable bonds is 15. The van der Waals surface area contributed by atoms with Crippen molar-refractivity contribution >= 4 is 56.9 Å². The molecule has 0 fully saturated rings. The average Bonchev–Trinajstić information content (AvgIpc) is 3.16. The summed E-state index contributed by atoms with van der Waals surface area (Å²) in [6.07, 6.45) is 0.0925. The zero-order valence-corrected chi connectivity index (χ0v) is 33.5. The molecule has 2 amide bonds. The zero-order valence-electron chi connectivity index (χ0n) is 33.5. The van der Waals surface area contributed by atoms with Gasteiger partial charge in [-0.25, -0.2) is 0 Å². The number of aromatic hydroxyl groups is 6. The molecule has 58 heavy (non-hydrogen) atoms. The lowest BCUT2D eigenvalue weighted by Gasteiger charge is -2.24. The van der Waals surface area contributed by atoms with Gasteiger partial charge in [0.2, 0.25) is 0 Å². The van der Waals surface area contributed by atoms with Gasteiger partial charge in [0.25, 0.3) is 23.4 Å². The normalized spacial score (nSPS) is 11.3. The molecule has 0 bridgehead atoms. The van der Waals surface area contributed by atoms with E-state index in [0.717, 1.165) is 0 Å². The summed E-state index contributed by atoms with van der Waals surface area (Å²) in [7, 11) is 2.39. The van der Waals surface area contributed by atoms with Gasteiger partial charge >= 0.3 is 11.9 Å². The third kappa shape index (κ3) is 8.12. The van der Waals surface area contributed by atoms with Crippen molar-refractivity contribution in [1.82, 2.24) is 10.6 Å². The lowest BCUT2D eigenvalue weighted by atomic mass is 9.82. The summed E-state index contributed by atoms with van der Waals surface area (Å²) in [6, 6.07) is 2.96. The van der Waals surface area contributed by atoms with E-state index in [1.54, 1.807) is 41.5 Å². The molecule has 310 valence electrons. The molecule has 0 aliphatic heterocycles. The van der Waals surface area contributed by atoms with Gasteiger partial charge in [0.1, 0.15) is 11.5 Å². The van der Waals surface area contributed by atoms with Crippen molar-refractivity contribution in [3.05, 3.63) is 45.5 Å². The van der Waals surface area contributed by atoms with E-state index in [9.17, 15) is 59.4 Å². The van der Waals surface area contributed by atoms with E-state index in [1.807, 2.05) is 0 Å². The van der Waals surface area contributed by atoms with Crippen LogP contribution in [0.15, 0.2) is 12.1 Å². The number of ketones is 2. The second-order valence-corrected chi connectivity index (χ2v) is 14.5. The molecule has 0 aliphatic rings. The molecule has 0 aromatic heterocycles. The van der Waals surface area contributed by atoms with Gasteiger partial charge in [0.15, 0.2) is 23.0 Å². The highest BCUT2D eigenvalue weighted by molar-refractivity contribution is 6.47. The number of carbonyl (C=O) groups is 6. The predicted octanol–water partition coefficient (Wildman–Crippen LogP) is 5.26. The van der Waals surface area contributed by atoms with Crippen LogP contribution in [0.25, 0.3) is 32.7 Å². The van der Waals surface area contributed by atoms with Crippen molar-refractivity contribution in [3.8, 4) is 45.6 Å². The Morgan fingerprint density at radius 2 is 0.879 bits per heavy atom. The van der Waals surface area contributed by atoms with Crippen LogP contribution in [0.1, 0.15) is 108 Å². The molecule has 4 aromatic carbocycles. The van der Waals surface area contributed by atoms with Crippen LogP contribution in [-0.2, 0) is 28.7 Å².